The first-order valence-corrected chi connectivity index (χ1v) is 6.21. The first kappa shape index (κ1) is 12.5. The Morgan fingerprint density at radius 2 is 2.07 bits per heavy atom. The van der Waals surface area contributed by atoms with Crippen molar-refractivity contribution in [2.75, 3.05) is 6.61 Å². The molecule has 0 bridgehead atoms. The highest BCUT2D eigenvalue weighted by Gasteiger charge is 2.36. The second kappa shape index (κ2) is 5.53. The number of ether oxygens (including phenoxy) is 1. The van der Waals surface area contributed by atoms with Crippen molar-refractivity contribution in [3.63, 3.8) is 0 Å². The SMILES string of the molecule is CCOC(=O)C[C@@H]1[C@@H](C(C)C)CC[C@@H]1C. The molecular formula is C13H24O2. The van der Waals surface area contributed by atoms with Crippen LogP contribution in [0.2, 0.25) is 0 Å². The van der Waals surface area contributed by atoms with Crippen molar-refractivity contribution in [2.24, 2.45) is 23.7 Å². The van der Waals surface area contributed by atoms with E-state index in [0.717, 1.165) is 0 Å². The van der Waals surface area contributed by atoms with Gasteiger partial charge in [-0.05, 0) is 37.0 Å². The summed E-state index contributed by atoms with van der Waals surface area (Å²) in [6, 6.07) is 0. The summed E-state index contributed by atoms with van der Waals surface area (Å²) in [6.45, 7) is 9.18. The van der Waals surface area contributed by atoms with E-state index in [9.17, 15) is 4.79 Å². The summed E-state index contributed by atoms with van der Waals surface area (Å²) in [5.74, 6) is 2.62. The van der Waals surface area contributed by atoms with Gasteiger partial charge in [0.2, 0.25) is 0 Å². The Labute approximate surface area is 93.4 Å². The summed E-state index contributed by atoms with van der Waals surface area (Å²) in [5.41, 5.74) is 0. The lowest BCUT2D eigenvalue weighted by Crippen LogP contribution is -2.22. The van der Waals surface area contributed by atoms with Crippen LogP contribution in [0.25, 0.3) is 0 Å². The van der Waals surface area contributed by atoms with Gasteiger partial charge < -0.3 is 4.74 Å². The first-order valence-electron chi connectivity index (χ1n) is 6.21. The molecular weight excluding hydrogens is 188 g/mol. The molecule has 0 aromatic rings. The van der Waals surface area contributed by atoms with Crippen molar-refractivity contribution in [3.8, 4) is 0 Å². The van der Waals surface area contributed by atoms with Crippen LogP contribution in [0, 0.1) is 23.7 Å². The monoisotopic (exact) mass is 212 g/mol. The molecule has 1 saturated carbocycles. The van der Waals surface area contributed by atoms with Crippen molar-refractivity contribution in [2.45, 2.75) is 47.0 Å². The van der Waals surface area contributed by atoms with Crippen LogP contribution in [-0.2, 0) is 9.53 Å². The number of rotatable bonds is 4. The fourth-order valence-electron chi connectivity index (χ4n) is 2.90. The van der Waals surface area contributed by atoms with Gasteiger partial charge >= 0.3 is 5.97 Å². The maximum Gasteiger partial charge on any atom is 0.306 e. The van der Waals surface area contributed by atoms with E-state index in [1.54, 1.807) is 0 Å². The molecule has 0 N–H and O–H groups in total. The van der Waals surface area contributed by atoms with Gasteiger partial charge in [-0.25, -0.2) is 0 Å². The van der Waals surface area contributed by atoms with Gasteiger partial charge in [-0.1, -0.05) is 27.2 Å². The van der Waals surface area contributed by atoms with Crippen molar-refractivity contribution >= 4 is 5.97 Å². The largest absolute Gasteiger partial charge is 0.466 e. The van der Waals surface area contributed by atoms with E-state index in [4.69, 9.17) is 4.74 Å². The maximum absolute atomic E-state index is 11.5. The quantitative estimate of drug-likeness (QED) is 0.669. The lowest BCUT2D eigenvalue weighted by Gasteiger charge is -2.24. The summed E-state index contributed by atoms with van der Waals surface area (Å²) >= 11 is 0. The topological polar surface area (TPSA) is 26.3 Å². The second-order valence-electron chi connectivity index (χ2n) is 5.14. The van der Waals surface area contributed by atoms with Crippen LogP contribution in [0.4, 0.5) is 0 Å². The minimum Gasteiger partial charge on any atom is -0.466 e. The molecule has 88 valence electrons. The van der Waals surface area contributed by atoms with E-state index in [2.05, 4.69) is 20.8 Å². The average molecular weight is 212 g/mol. The number of carbonyl (C=O) groups excluding carboxylic acids is 1. The van der Waals surface area contributed by atoms with Crippen LogP contribution >= 0.6 is 0 Å². The van der Waals surface area contributed by atoms with Crippen molar-refractivity contribution in [3.05, 3.63) is 0 Å². The molecule has 0 radical (unpaired) electrons. The predicted octanol–water partition coefficient (Wildman–Crippen LogP) is 3.26. The minimum absolute atomic E-state index is 0.0121. The summed E-state index contributed by atoms with van der Waals surface area (Å²) in [4.78, 5) is 11.5. The van der Waals surface area contributed by atoms with Crippen molar-refractivity contribution < 1.29 is 9.53 Å². The van der Waals surface area contributed by atoms with Gasteiger partial charge in [0, 0.05) is 6.42 Å². The van der Waals surface area contributed by atoms with Gasteiger partial charge in [0.25, 0.3) is 0 Å². The number of esters is 1. The molecule has 1 fully saturated rings. The molecule has 3 atom stereocenters. The molecule has 0 unspecified atom stereocenters. The smallest absolute Gasteiger partial charge is 0.306 e. The van der Waals surface area contributed by atoms with Gasteiger partial charge in [0.1, 0.15) is 0 Å². The number of hydrogen-bond donors (Lipinski definition) is 0. The van der Waals surface area contributed by atoms with E-state index in [1.165, 1.54) is 12.8 Å². The third kappa shape index (κ3) is 3.22. The van der Waals surface area contributed by atoms with E-state index in [-0.39, 0.29) is 5.97 Å². The molecule has 0 aromatic carbocycles. The fourth-order valence-corrected chi connectivity index (χ4v) is 2.90. The molecule has 1 aliphatic rings. The van der Waals surface area contributed by atoms with E-state index in [1.807, 2.05) is 6.92 Å². The molecule has 15 heavy (non-hydrogen) atoms. The Kier molecular flexibility index (Phi) is 4.62. The van der Waals surface area contributed by atoms with Crippen LogP contribution < -0.4 is 0 Å². The number of carbonyl (C=O) groups is 1. The second-order valence-corrected chi connectivity index (χ2v) is 5.14. The van der Waals surface area contributed by atoms with Crippen LogP contribution in [0.1, 0.15) is 47.0 Å². The summed E-state index contributed by atoms with van der Waals surface area (Å²) in [7, 11) is 0. The third-order valence-electron chi connectivity index (χ3n) is 3.80. The highest BCUT2D eigenvalue weighted by atomic mass is 16.5. The average Bonchev–Trinajstić information content (AvgIpc) is 2.48. The Morgan fingerprint density at radius 3 is 2.60 bits per heavy atom. The molecule has 0 amide bonds. The van der Waals surface area contributed by atoms with Crippen LogP contribution in [0.3, 0.4) is 0 Å². The van der Waals surface area contributed by atoms with E-state index >= 15 is 0 Å². The molecule has 0 spiro atoms. The summed E-state index contributed by atoms with van der Waals surface area (Å²) in [6.07, 6.45) is 3.17. The van der Waals surface area contributed by atoms with Crippen LogP contribution in [0.15, 0.2) is 0 Å². The zero-order valence-corrected chi connectivity index (χ0v) is 10.5. The van der Waals surface area contributed by atoms with Crippen LogP contribution in [-0.4, -0.2) is 12.6 Å². The van der Waals surface area contributed by atoms with Gasteiger partial charge in [-0.15, -0.1) is 0 Å². The molecule has 2 heteroatoms. The maximum atomic E-state index is 11.5. The minimum atomic E-state index is -0.0121. The molecule has 0 aromatic heterocycles. The standard InChI is InChI=1S/C13H24O2/c1-5-15-13(14)8-12-10(4)6-7-11(12)9(2)3/h9-12H,5-8H2,1-4H3/t10-,11+,12-/m0/s1. The molecule has 2 nitrogen and oxygen atoms in total. The van der Waals surface area contributed by atoms with Gasteiger partial charge in [0.15, 0.2) is 0 Å². The summed E-state index contributed by atoms with van der Waals surface area (Å²) in [5, 5.41) is 0. The zero-order chi connectivity index (χ0) is 11.4. The molecule has 1 aliphatic carbocycles. The highest BCUT2D eigenvalue weighted by Crippen LogP contribution is 2.42. The zero-order valence-electron chi connectivity index (χ0n) is 10.5. The lowest BCUT2D eigenvalue weighted by molar-refractivity contribution is -0.145. The van der Waals surface area contributed by atoms with Gasteiger partial charge in [-0.2, -0.15) is 0 Å². The van der Waals surface area contributed by atoms with Gasteiger partial charge in [-0.3, -0.25) is 4.79 Å². The van der Waals surface area contributed by atoms with E-state index < -0.39 is 0 Å². The van der Waals surface area contributed by atoms with Crippen molar-refractivity contribution in [1.82, 2.24) is 0 Å². The molecule has 1 rings (SSSR count). The molecule has 0 saturated heterocycles. The van der Waals surface area contributed by atoms with Crippen molar-refractivity contribution in [1.29, 1.82) is 0 Å². The Bertz CT molecular complexity index is 211. The number of hydrogen-bond acceptors (Lipinski definition) is 2. The Morgan fingerprint density at radius 1 is 1.40 bits per heavy atom. The summed E-state index contributed by atoms with van der Waals surface area (Å²) < 4.78 is 5.04. The Hall–Kier alpha value is -0.530. The Balaban J connectivity index is 2.52. The highest BCUT2D eigenvalue weighted by molar-refractivity contribution is 5.69. The van der Waals surface area contributed by atoms with E-state index in [0.29, 0.717) is 36.7 Å². The van der Waals surface area contributed by atoms with Crippen LogP contribution in [0.5, 0.6) is 0 Å². The predicted molar refractivity (Wildman–Crippen MR) is 61.5 cm³/mol. The third-order valence-corrected chi connectivity index (χ3v) is 3.80. The molecule has 0 aliphatic heterocycles. The normalized spacial score (nSPS) is 30.9. The van der Waals surface area contributed by atoms with Gasteiger partial charge in [0.05, 0.1) is 6.61 Å². The first-order chi connectivity index (χ1) is 7.06. The lowest BCUT2D eigenvalue weighted by atomic mass is 9.81. The fraction of sp³-hybridized carbons (Fsp3) is 0.923. The molecule has 0 heterocycles.